The maximum absolute atomic E-state index is 5.26. The van der Waals surface area contributed by atoms with Gasteiger partial charge >= 0.3 is 0 Å². The molecule has 5 nitrogen and oxygen atoms in total. The van der Waals surface area contributed by atoms with Crippen LogP contribution in [0.2, 0.25) is 0 Å². The van der Waals surface area contributed by atoms with E-state index in [1.807, 2.05) is 30.3 Å². The van der Waals surface area contributed by atoms with Crippen LogP contribution in [0.5, 0.6) is 0 Å². The van der Waals surface area contributed by atoms with Crippen molar-refractivity contribution in [1.29, 1.82) is 0 Å². The Morgan fingerprint density at radius 1 is 0.370 bits per heavy atom. The van der Waals surface area contributed by atoms with Crippen molar-refractivity contribution in [1.82, 2.24) is 24.5 Å². The first-order valence-electron chi connectivity index (χ1n) is 18.0. The van der Waals surface area contributed by atoms with Crippen LogP contribution in [0.4, 0.5) is 0 Å². The molecular formula is C48H29N5S. The monoisotopic (exact) mass is 707 g/mol. The number of hydrogen-bond acceptors (Lipinski definition) is 5. The Balaban J connectivity index is 1.04. The van der Waals surface area contributed by atoms with Crippen molar-refractivity contribution in [2.45, 2.75) is 0 Å². The maximum Gasteiger partial charge on any atom is 0.164 e. The van der Waals surface area contributed by atoms with Gasteiger partial charge in [-0.05, 0) is 35.7 Å². The fourth-order valence-corrected chi connectivity index (χ4v) is 8.87. The predicted octanol–water partition coefficient (Wildman–Crippen LogP) is 12.6. The minimum absolute atomic E-state index is 0.616. The molecule has 0 bridgehead atoms. The van der Waals surface area contributed by atoms with Gasteiger partial charge in [0.25, 0.3) is 0 Å². The normalized spacial score (nSPS) is 11.7. The Labute approximate surface area is 314 Å². The van der Waals surface area contributed by atoms with E-state index in [2.05, 4.69) is 150 Å². The molecule has 0 amide bonds. The van der Waals surface area contributed by atoms with Crippen LogP contribution >= 0.6 is 11.3 Å². The van der Waals surface area contributed by atoms with E-state index in [-0.39, 0.29) is 0 Å². The molecule has 54 heavy (non-hydrogen) atoms. The molecule has 0 N–H and O–H groups in total. The molecule has 0 saturated heterocycles. The van der Waals surface area contributed by atoms with Gasteiger partial charge in [-0.15, -0.1) is 11.3 Å². The molecule has 0 aliphatic carbocycles. The number of hydrogen-bond donors (Lipinski definition) is 0. The number of pyridine rings is 1. The Kier molecular flexibility index (Phi) is 6.97. The average molecular weight is 708 g/mol. The summed E-state index contributed by atoms with van der Waals surface area (Å²) in [6.45, 7) is 0. The van der Waals surface area contributed by atoms with Crippen LogP contribution in [0, 0.1) is 0 Å². The summed E-state index contributed by atoms with van der Waals surface area (Å²) in [5, 5.41) is 7.28. The van der Waals surface area contributed by atoms with Gasteiger partial charge in [-0.2, -0.15) is 0 Å². The minimum Gasteiger partial charge on any atom is -0.309 e. The summed E-state index contributed by atoms with van der Waals surface area (Å²) in [7, 11) is 0. The van der Waals surface area contributed by atoms with E-state index in [1.165, 1.54) is 31.6 Å². The molecule has 4 heterocycles. The van der Waals surface area contributed by atoms with E-state index in [0.29, 0.717) is 17.5 Å². The van der Waals surface area contributed by atoms with Gasteiger partial charge in [-0.25, -0.2) is 19.9 Å². The van der Waals surface area contributed by atoms with Crippen LogP contribution in [0.25, 0.3) is 104 Å². The van der Waals surface area contributed by atoms with E-state index < -0.39 is 0 Å². The van der Waals surface area contributed by atoms with Gasteiger partial charge in [0, 0.05) is 59.6 Å². The van der Waals surface area contributed by atoms with Gasteiger partial charge < -0.3 is 4.57 Å². The predicted molar refractivity (Wildman–Crippen MR) is 224 cm³/mol. The Hall–Kier alpha value is -7.02. The molecule has 0 atom stereocenters. The third-order valence-electron chi connectivity index (χ3n) is 10.3. The molecule has 0 saturated carbocycles. The zero-order valence-corrected chi connectivity index (χ0v) is 29.7. The number of fused-ring (bicyclic) bond motifs is 8. The fourth-order valence-electron chi connectivity index (χ4n) is 7.77. The Morgan fingerprint density at radius 2 is 0.889 bits per heavy atom. The standard InChI is InChI=1S/C48H29N5S/c1-2-13-31(14-3-1)45-50-46(52-47(51-45)33-15-12-16-34(29-33)53-40-22-9-6-17-35(40)36-18-7-10-23-41(36)53)32-27-25-30(26-28-32)44-38-20-5-4-19-37(38)43-39-21-8-11-24-42(39)54-48(43)49-44/h1-29H. The van der Waals surface area contributed by atoms with Crippen LogP contribution in [0.3, 0.4) is 0 Å². The second-order valence-electron chi connectivity index (χ2n) is 13.5. The van der Waals surface area contributed by atoms with Gasteiger partial charge in [0.15, 0.2) is 17.5 Å². The summed E-state index contributed by atoms with van der Waals surface area (Å²) in [5.74, 6) is 1.86. The number of nitrogens with zero attached hydrogens (tertiary/aromatic N) is 5. The lowest BCUT2D eigenvalue weighted by Crippen LogP contribution is -2.01. The zero-order valence-electron chi connectivity index (χ0n) is 28.9. The molecule has 4 aromatic heterocycles. The quantitative estimate of drug-likeness (QED) is 0.179. The van der Waals surface area contributed by atoms with E-state index in [0.717, 1.165) is 54.9 Å². The van der Waals surface area contributed by atoms with Crippen LogP contribution in [-0.2, 0) is 0 Å². The van der Waals surface area contributed by atoms with Crippen molar-refractivity contribution >= 4 is 64.2 Å². The second-order valence-corrected chi connectivity index (χ2v) is 14.5. The lowest BCUT2D eigenvalue weighted by molar-refractivity contribution is 1.07. The van der Waals surface area contributed by atoms with Crippen LogP contribution in [0.15, 0.2) is 176 Å². The summed E-state index contributed by atoms with van der Waals surface area (Å²) in [6.07, 6.45) is 0. The van der Waals surface area contributed by atoms with Gasteiger partial charge in [0.05, 0.1) is 16.7 Å². The molecule has 0 spiro atoms. The maximum atomic E-state index is 5.26. The molecule has 0 radical (unpaired) electrons. The summed E-state index contributed by atoms with van der Waals surface area (Å²) in [5.41, 5.74) is 8.14. The summed E-state index contributed by atoms with van der Waals surface area (Å²) in [6, 6.07) is 61.4. The highest BCUT2D eigenvalue weighted by molar-refractivity contribution is 7.25. The van der Waals surface area contributed by atoms with Crippen molar-refractivity contribution < 1.29 is 0 Å². The lowest BCUT2D eigenvalue weighted by atomic mass is 10.00. The number of para-hydroxylation sites is 2. The Bertz CT molecular complexity index is 3160. The van der Waals surface area contributed by atoms with Gasteiger partial charge in [0.1, 0.15) is 4.83 Å². The second kappa shape index (κ2) is 12.3. The van der Waals surface area contributed by atoms with Crippen molar-refractivity contribution in [3.8, 4) is 51.1 Å². The van der Waals surface area contributed by atoms with Crippen molar-refractivity contribution in [3.05, 3.63) is 176 Å². The average Bonchev–Trinajstić information content (AvgIpc) is 3.80. The van der Waals surface area contributed by atoms with Gasteiger partial charge in [0.2, 0.25) is 0 Å². The highest BCUT2D eigenvalue weighted by Crippen LogP contribution is 2.41. The third kappa shape index (κ3) is 4.92. The van der Waals surface area contributed by atoms with E-state index >= 15 is 0 Å². The van der Waals surface area contributed by atoms with Crippen LogP contribution < -0.4 is 0 Å². The van der Waals surface area contributed by atoms with Crippen molar-refractivity contribution in [2.24, 2.45) is 0 Å². The molecule has 0 unspecified atom stereocenters. The van der Waals surface area contributed by atoms with Crippen LogP contribution in [0.1, 0.15) is 0 Å². The zero-order chi connectivity index (χ0) is 35.6. The first kappa shape index (κ1) is 30.6. The van der Waals surface area contributed by atoms with Crippen molar-refractivity contribution in [3.63, 3.8) is 0 Å². The molecule has 7 aromatic carbocycles. The SMILES string of the molecule is c1ccc(-c2nc(-c3ccc(-c4nc5sc6ccccc6c5c5ccccc45)cc3)nc(-c3cccc(-n4c5ccccc5c5ccccc54)c3)n2)cc1. The smallest absolute Gasteiger partial charge is 0.164 e. The third-order valence-corrected chi connectivity index (χ3v) is 11.3. The highest BCUT2D eigenvalue weighted by atomic mass is 32.1. The van der Waals surface area contributed by atoms with E-state index in [1.54, 1.807) is 11.3 Å². The first-order valence-corrected chi connectivity index (χ1v) is 18.8. The number of rotatable bonds is 5. The molecule has 252 valence electrons. The summed E-state index contributed by atoms with van der Waals surface area (Å²) in [4.78, 5) is 21.5. The van der Waals surface area contributed by atoms with Crippen molar-refractivity contribution in [2.75, 3.05) is 0 Å². The van der Waals surface area contributed by atoms with Gasteiger partial charge in [-0.3, -0.25) is 0 Å². The lowest BCUT2D eigenvalue weighted by Gasteiger charge is -2.12. The molecule has 0 fully saturated rings. The number of aromatic nitrogens is 5. The van der Waals surface area contributed by atoms with E-state index in [4.69, 9.17) is 19.9 Å². The first-order chi connectivity index (χ1) is 26.8. The molecule has 11 rings (SSSR count). The molecule has 6 heteroatoms. The topological polar surface area (TPSA) is 56.5 Å². The van der Waals surface area contributed by atoms with E-state index in [9.17, 15) is 0 Å². The summed E-state index contributed by atoms with van der Waals surface area (Å²) < 4.78 is 3.57. The summed E-state index contributed by atoms with van der Waals surface area (Å²) >= 11 is 1.75. The number of thiophene rings is 1. The Morgan fingerprint density at radius 3 is 1.59 bits per heavy atom. The fraction of sp³-hybridized carbons (Fsp3) is 0. The molecular weight excluding hydrogens is 679 g/mol. The minimum atomic E-state index is 0.616. The molecule has 0 aliphatic rings. The molecule has 0 aliphatic heterocycles. The largest absolute Gasteiger partial charge is 0.309 e. The van der Waals surface area contributed by atoms with Gasteiger partial charge in [-0.1, -0.05) is 146 Å². The highest BCUT2D eigenvalue weighted by Gasteiger charge is 2.18. The molecule has 11 aromatic rings. The van der Waals surface area contributed by atoms with Crippen LogP contribution in [-0.4, -0.2) is 24.5 Å². The number of benzene rings is 7.